The Morgan fingerprint density at radius 3 is 1.54 bits per heavy atom. The summed E-state index contributed by atoms with van der Waals surface area (Å²) in [6.07, 6.45) is 1.32. The van der Waals surface area contributed by atoms with Gasteiger partial charge in [0.1, 0.15) is 5.75 Å². The largest absolute Gasteiger partial charge is 0.507 e. The molecule has 5 amide bonds. The maximum Gasteiger partial charge on any atom is 0.232 e. The highest BCUT2D eigenvalue weighted by molar-refractivity contribution is 6.03. The summed E-state index contributed by atoms with van der Waals surface area (Å²) in [5.74, 6) is -0.813. The van der Waals surface area contributed by atoms with Gasteiger partial charge in [0, 0.05) is 83.5 Å². The molecular weight excluding hydrogens is 586 g/mol. The van der Waals surface area contributed by atoms with E-state index in [0.717, 1.165) is 16.7 Å². The Balaban J connectivity index is 1.60. The molecule has 2 unspecified atom stereocenters. The van der Waals surface area contributed by atoms with Crippen molar-refractivity contribution >= 4 is 29.5 Å². The fourth-order valence-corrected chi connectivity index (χ4v) is 5.98. The van der Waals surface area contributed by atoms with Crippen LogP contribution in [0.5, 0.6) is 5.75 Å². The van der Waals surface area contributed by atoms with E-state index in [-0.39, 0.29) is 65.0 Å². The molecule has 11 nitrogen and oxygen atoms in total. The Labute approximate surface area is 274 Å². The number of benzene rings is 1. The fraction of sp³-hybridized carbons (Fsp3) is 0.686. The van der Waals surface area contributed by atoms with Gasteiger partial charge in [0.25, 0.3) is 0 Å². The Hall–Kier alpha value is -3.31. The lowest BCUT2D eigenvalue weighted by atomic mass is 9.78. The van der Waals surface area contributed by atoms with E-state index in [4.69, 9.17) is 0 Å². The van der Waals surface area contributed by atoms with Gasteiger partial charge in [-0.2, -0.15) is 0 Å². The van der Waals surface area contributed by atoms with E-state index in [0.29, 0.717) is 70.9 Å². The zero-order chi connectivity index (χ0) is 34.4. The van der Waals surface area contributed by atoms with Gasteiger partial charge in [0.15, 0.2) is 0 Å². The molecule has 256 valence electrons. The summed E-state index contributed by atoms with van der Waals surface area (Å²) in [6.45, 7) is 19.3. The Kier molecular flexibility index (Phi) is 12.5. The Morgan fingerprint density at radius 2 is 1.20 bits per heavy atom. The average Bonchev–Trinajstić information content (AvgIpc) is 3.35. The summed E-state index contributed by atoms with van der Waals surface area (Å²) in [6, 6.07) is 4.02. The normalized spacial score (nSPS) is 19.1. The van der Waals surface area contributed by atoms with Crippen LogP contribution in [-0.2, 0) is 41.2 Å². The number of likely N-dealkylation sites (tertiary alicyclic amines) is 2. The highest BCUT2D eigenvalue weighted by atomic mass is 16.3. The van der Waals surface area contributed by atoms with Crippen molar-refractivity contribution in [2.24, 2.45) is 11.8 Å². The SMILES string of the molecule is CC1CC(=O)N(CCNCCN(CCNCCN2C(=O)CC(C)C2=O)C(=O)CCc2cc(C(C)(C)C)c(O)c(C(C)(C)C)c2)C1=O. The molecular formula is C35H55N5O6. The minimum Gasteiger partial charge on any atom is -0.507 e. The number of aryl methyl sites for hydroxylation is 1. The van der Waals surface area contributed by atoms with Crippen molar-refractivity contribution in [3.63, 3.8) is 0 Å². The van der Waals surface area contributed by atoms with E-state index in [9.17, 15) is 29.1 Å². The maximum atomic E-state index is 13.6. The van der Waals surface area contributed by atoms with Crippen molar-refractivity contribution in [2.75, 3.05) is 52.4 Å². The first kappa shape index (κ1) is 37.2. The second-order valence-electron chi connectivity index (χ2n) is 14.9. The number of phenolic OH excluding ortho intramolecular Hbond substituents is 1. The highest BCUT2D eigenvalue weighted by Crippen LogP contribution is 2.40. The van der Waals surface area contributed by atoms with Crippen LogP contribution in [0.15, 0.2) is 12.1 Å². The first-order chi connectivity index (χ1) is 21.4. The van der Waals surface area contributed by atoms with Crippen molar-refractivity contribution in [2.45, 2.75) is 91.9 Å². The molecule has 2 atom stereocenters. The number of amides is 5. The summed E-state index contributed by atoms with van der Waals surface area (Å²) in [5, 5.41) is 17.6. The molecule has 2 fully saturated rings. The van der Waals surface area contributed by atoms with Crippen LogP contribution < -0.4 is 10.6 Å². The van der Waals surface area contributed by atoms with Crippen molar-refractivity contribution in [1.82, 2.24) is 25.3 Å². The van der Waals surface area contributed by atoms with Gasteiger partial charge in [0.2, 0.25) is 29.5 Å². The lowest BCUT2D eigenvalue weighted by Gasteiger charge is -2.28. The van der Waals surface area contributed by atoms with Crippen LogP contribution in [0.1, 0.15) is 91.3 Å². The van der Waals surface area contributed by atoms with Crippen molar-refractivity contribution in [3.8, 4) is 5.75 Å². The Morgan fingerprint density at radius 1 is 0.783 bits per heavy atom. The quantitative estimate of drug-likeness (QED) is 0.196. The zero-order valence-electron chi connectivity index (χ0n) is 29.1. The van der Waals surface area contributed by atoms with Crippen LogP contribution in [-0.4, -0.2) is 102 Å². The molecule has 0 aliphatic carbocycles. The summed E-state index contributed by atoms with van der Waals surface area (Å²) in [5.41, 5.74) is 2.19. The molecule has 2 heterocycles. The van der Waals surface area contributed by atoms with Gasteiger partial charge in [-0.25, -0.2) is 0 Å². The molecule has 2 aliphatic rings. The highest BCUT2D eigenvalue weighted by Gasteiger charge is 2.36. The van der Waals surface area contributed by atoms with Crippen molar-refractivity contribution in [1.29, 1.82) is 0 Å². The number of hydrogen-bond acceptors (Lipinski definition) is 8. The molecule has 0 radical (unpaired) electrons. The summed E-state index contributed by atoms with van der Waals surface area (Å²) < 4.78 is 0. The molecule has 0 bridgehead atoms. The van der Waals surface area contributed by atoms with Crippen LogP contribution >= 0.6 is 0 Å². The van der Waals surface area contributed by atoms with Gasteiger partial charge < -0.3 is 20.6 Å². The summed E-state index contributed by atoms with van der Waals surface area (Å²) in [7, 11) is 0. The third-order valence-corrected chi connectivity index (χ3v) is 8.85. The fourth-order valence-electron chi connectivity index (χ4n) is 5.98. The van der Waals surface area contributed by atoms with Crippen LogP contribution in [0, 0.1) is 11.8 Å². The van der Waals surface area contributed by atoms with Gasteiger partial charge in [-0.15, -0.1) is 0 Å². The van der Waals surface area contributed by atoms with Gasteiger partial charge in [-0.05, 0) is 33.9 Å². The zero-order valence-corrected chi connectivity index (χ0v) is 29.1. The smallest absolute Gasteiger partial charge is 0.232 e. The molecule has 1 aromatic rings. The van der Waals surface area contributed by atoms with Crippen LogP contribution in [0.4, 0.5) is 0 Å². The standard InChI is InChI=1S/C35H55N5O6/c1-23-19-29(42)39(32(23)45)17-13-36-11-15-38(16-12-37-14-18-40-30(43)20-24(2)33(40)46)28(41)10-9-25-21-26(34(3,4)5)31(44)27(22-25)35(6,7)8/h21-24,36-37,44H,9-20H2,1-8H3. The third kappa shape index (κ3) is 9.61. The lowest BCUT2D eigenvalue weighted by Crippen LogP contribution is -2.43. The second kappa shape index (κ2) is 15.5. The number of nitrogens with zero attached hydrogens (tertiary/aromatic N) is 3. The molecule has 3 rings (SSSR count). The lowest BCUT2D eigenvalue weighted by molar-refractivity contribution is -0.140. The number of imide groups is 2. The van der Waals surface area contributed by atoms with Crippen molar-refractivity contribution in [3.05, 3.63) is 28.8 Å². The van der Waals surface area contributed by atoms with Gasteiger partial charge in [-0.3, -0.25) is 33.8 Å². The first-order valence-electron chi connectivity index (χ1n) is 16.7. The molecule has 0 saturated carbocycles. The van der Waals surface area contributed by atoms with E-state index in [1.54, 1.807) is 18.7 Å². The monoisotopic (exact) mass is 641 g/mol. The Bertz CT molecular complexity index is 1210. The molecule has 46 heavy (non-hydrogen) atoms. The van der Waals surface area contributed by atoms with E-state index < -0.39 is 0 Å². The molecule has 11 heteroatoms. The molecule has 2 aliphatic heterocycles. The number of phenols is 1. The summed E-state index contributed by atoms with van der Waals surface area (Å²) >= 11 is 0. The van der Waals surface area contributed by atoms with E-state index in [1.807, 2.05) is 12.1 Å². The van der Waals surface area contributed by atoms with Crippen molar-refractivity contribution < 1.29 is 29.1 Å². The maximum absolute atomic E-state index is 13.6. The molecule has 2 saturated heterocycles. The average molecular weight is 642 g/mol. The number of hydrogen-bond donors (Lipinski definition) is 3. The number of rotatable bonds is 15. The van der Waals surface area contributed by atoms with E-state index in [2.05, 4.69) is 52.2 Å². The van der Waals surface area contributed by atoms with Crippen LogP contribution in [0.2, 0.25) is 0 Å². The van der Waals surface area contributed by atoms with Gasteiger partial charge >= 0.3 is 0 Å². The molecule has 1 aromatic carbocycles. The number of aromatic hydroxyl groups is 1. The second-order valence-corrected chi connectivity index (χ2v) is 14.9. The van der Waals surface area contributed by atoms with Crippen LogP contribution in [0.25, 0.3) is 0 Å². The molecule has 3 N–H and O–H groups in total. The minimum atomic E-state index is -0.272. The van der Waals surface area contributed by atoms with Gasteiger partial charge in [-0.1, -0.05) is 67.5 Å². The third-order valence-electron chi connectivity index (χ3n) is 8.85. The predicted octanol–water partition coefficient (Wildman–Crippen LogP) is 2.72. The topological polar surface area (TPSA) is 139 Å². The minimum absolute atomic E-state index is 0.0104. The van der Waals surface area contributed by atoms with E-state index in [1.165, 1.54) is 9.80 Å². The number of carbonyl (C=O) groups is 5. The first-order valence-corrected chi connectivity index (χ1v) is 16.7. The van der Waals surface area contributed by atoms with E-state index >= 15 is 0 Å². The van der Waals surface area contributed by atoms with Crippen LogP contribution in [0.3, 0.4) is 0 Å². The van der Waals surface area contributed by atoms with Gasteiger partial charge in [0.05, 0.1) is 0 Å². The molecule has 0 spiro atoms. The number of carbonyl (C=O) groups excluding carboxylic acids is 5. The number of nitrogens with one attached hydrogen (secondary N) is 2. The predicted molar refractivity (Wildman–Crippen MR) is 177 cm³/mol. The molecule has 0 aromatic heterocycles. The summed E-state index contributed by atoms with van der Waals surface area (Å²) in [4.78, 5) is 66.5.